The van der Waals surface area contributed by atoms with Crippen LogP contribution in [0.2, 0.25) is 0 Å². The summed E-state index contributed by atoms with van der Waals surface area (Å²) in [6, 6.07) is 9.84. The van der Waals surface area contributed by atoms with E-state index in [1.165, 1.54) is 13.2 Å². The van der Waals surface area contributed by atoms with Gasteiger partial charge in [0.2, 0.25) is 0 Å². The van der Waals surface area contributed by atoms with Crippen LogP contribution >= 0.6 is 0 Å². The Kier molecular flexibility index (Phi) is 3.66. The molecule has 2 rings (SSSR count). The Morgan fingerprint density at radius 2 is 1.74 bits per heavy atom. The molecule has 2 aromatic carbocycles. The van der Waals surface area contributed by atoms with Gasteiger partial charge >= 0.3 is 6.18 Å². The van der Waals surface area contributed by atoms with Crippen LogP contribution in [0.3, 0.4) is 0 Å². The first-order chi connectivity index (χ1) is 8.99. The molecule has 0 spiro atoms. The van der Waals surface area contributed by atoms with Crippen LogP contribution in [0.5, 0.6) is 5.75 Å². The summed E-state index contributed by atoms with van der Waals surface area (Å²) in [6.45, 7) is -0.472. The van der Waals surface area contributed by atoms with E-state index in [2.05, 4.69) is 0 Å². The van der Waals surface area contributed by atoms with Crippen molar-refractivity contribution in [1.82, 2.24) is 0 Å². The highest BCUT2D eigenvalue weighted by Gasteiger charge is 2.40. The van der Waals surface area contributed by atoms with Gasteiger partial charge in [-0.3, -0.25) is 0 Å². The maximum atomic E-state index is 13.0. The highest BCUT2D eigenvalue weighted by Crippen LogP contribution is 2.39. The first-order valence-electron chi connectivity index (χ1n) is 5.81. The van der Waals surface area contributed by atoms with Crippen molar-refractivity contribution in [2.45, 2.75) is 12.1 Å². The van der Waals surface area contributed by atoms with E-state index < -0.39 is 18.6 Å². The van der Waals surface area contributed by atoms with E-state index >= 15 is 0 Å². The van der Waals surface area contributed by atoms with Crippen LogP contribution in [0, 0.1) is 0 Å². The minimum absolute atomic E-state index is 0.186. The number of nitrogens with two attached hydrogens (primary N) is 1. The Morgan fingerprint density at radius 1 is 1.11 bits per heavy atom. The molecule has 19 heavy (non-hydrogen) atoms. The second-order valence-electron chi connectivity index (χ2n) is 4.23. The number of alkyl halides is 3. The molecule has 0 heterocycles. The molecule has 0 saturated carbocycles. The first-order valence-corrected chi connectivity index (χ1v) is 5.81. The maximum Gasteiger partial charge on any atom is 0.396 e. The molecular weight excluding hydrogens is 255 g/mol. The van der Waals surface area contributed by atoms with Crippen LogP contribution < -0.4 is 10.5 Å². The third-order valence-electron chi connectivity index (χ3n) is 3.14. The molecule has 102 valence electrons. The molecule has 0 aliphatic rings. The number of ether oxygens (including phenoxy) is 1. The molecule has 0 aromatic heterocycles. The highest BCUT2D eigenvalue weighted by atomic mass is 19.4. The largest absolute Gasteiger partial charge is 0.496 e. The summed E-state index contributed by atoms with van der Waals surface area (Å²) in [5, 5.41) is 1.18. The molecule has 1 atom stereocenters. The second kappa shape index (κ2) is 5.09. The zero-order chi connectivity index (χ0) is 14.0. The molecule has 0 saturated heterocycles. The van der Waals surface area contributed by atoms with Gasteiger partial charge in [-0.05, 0) is 17.0 Å². The third-order valence-corrected chi connectivity index (χ3v) is 3.14. The lowest BCUT2D eigenvalue weighted by atomic mass is 9.92. The molecule has 0 amide bonds. The number of hydrogen-bond donors (Lipinski definition) is 1. The Morgan fingerprint density at radius 3 is 2.26 bits per heavy atom. The summed E-state index contributed by atoms with van der Waals surface area (Å²) in [5.74, 6) is -1.11. The predicted octanol–water partition coefficient (Wildman–Crippen LogP) is 3.45. The number of methoxy groups -OCH3 is 1. The number of benzene rings is 2. The average molecular weight is 269 g/mol. The van der Waals surface area contributed by atoms with E-state index in [0.717, 1.165) is 0 Å². The van der Waals surface area contributed by atoms with Crippen LogP contribution in [0.25, 0.3) is 10.8 Å². The Labute approximate surface area is 109 Å². The maximum absolute atomic E-state index is 13.0. The van der Waals surface area contributed by atoms with Crippen LogP contribution in [0.1, 0.15) is 11.5 Å². The van der Waals surface area contributed by atoms with Gasteiger partial charge in [0.05, 0.1) is 13.0 Å². The highest BCUT2D eigenvalue weighted by molar-refractivity contribution is 5.91. The standard InChI is InChI=1S/C14H14F3NO/c1-19-13-7-6-10(12(8-18)14(15,16)17)9-4-2-3-5-11(9)13/h2-7,12H,8,18H2,1H3. The van der Waals surface area contributed by atoms with Crippen LogP contribution in [0.4, 0.5) is 13.2 Å². The van der Waals surface area contributed by atoms with Gasteiger partial charge in [-0.15, -0.1) is 0 Å². The number of fused-ring (bicyclic) bond motifs is 1. The molecule has 2 aromatic rings. The zero-order valence-electron chi connectivity index (χ0n) is 10.4. The molecule has 2 nitrogen and oxygen atoms in total. The SMILES string of the molecule is COc1ccc(C(CN)C(F)(F)F)c2ccccc12. The molecule has 1 unspecified atom stereocenters. The van der Waals surface area contributed by atoms with Crippen molar-refractivity contribution < 1.29 is 17.9 Å². The fourth-order valence-electron chi connectivity index (χ4n) is 2.21. The van der Waals surface area contributed by atoms with Gasteiger partial charge in [0.15, 0.2) is 0 Å². The van der Waals surface area contributed by atoms with Crippen molar-refractivity contribution in [2.24, 2.45) is 5.73 Å². The third kappa shape index (κ3) is 2.51. The van der Waals surface area contributed by atoms with Gasteiger partial charge in [-0.1, -0.05) is 30.3 Å². The fraction of sp³-hybridized carbons (Fsp3) is 0.286. The van der Waals surface area contributed by atoms with Crippen molar-refractivity contribution in [2.75, 3.05) is 13.7 Å². The van der Waals surface area contributed by atoms with E-state index in [-0.39, 0.29) is 5.56 Å². The lowest BCUT2D eigenvalue weighted by Gasteiger charge is -2.21. The second-order valence-corrected chi connectivity index (χ2v) is 4.23. The fourth-order valence-corrected chi connectivity index (χ4v) is 2.21. The minimum Gasteiger partial charge on any atom is -0.496 e. The van der Waals surface area contributed by atoms with Crippen LogP contribution in [-0.2, 0) is 0 Å². The lowest BCUT2D eigenvalue weighted by Crippen LogP contribution is -2.28. The molecule has 0 aliphatic heterocycles. The summed E-state index contributed by atoms with van der Waals surface area (Å²) >= 11 is 0. The molecule has 0 aliphatic carbocycles. The normalized spacial score (nSPS) is 13.5. The summed E-state index contributed by atoms with van der Waals surface area (Å²) < 4.78 is 44.2. The van der Waals surface area contributed by atoms with Gasteiger partial charge in [0.25, 0.3) is 0 Å². The molecule has 2 N–H and O–H groups in total. The Balaban J connectivity index is 2.68. The Bertz CT molecular complexity index is 580. The summed E-state index contributed by atoms with van der Waals surface area (Å²) in [4.78, 5) is 0. The number of hydrogen-bond acceptors (Lipinski definition) is 2. The molecule has 5 heteroatoms. The van der Waals surface area contributed by atoms with Crippen molar-refractivity contribution in [1.29, 1.82) is 0 Å². The van der Waals surface area contributed by atoms with Gasteiger partial charge in [0, 0.05) is 11.9 Å². The van der Waals surface area contributed by atoms with E-state index in [0.29, 0.717) is 16.5 Å². The van der Waals surface area contributed by atoms with Crippen molar-refractivity contribution in [3.63, 3.8) is 0 Å². The summed E-state index contributed by atoms with van der Waals surface area (Å²) in [7, 11) is 1.49. The van der Waals surface area contributed by atoms with Gasteiger partial charge in [-0.2, -0.15) is 13.2 Å². The van der Waals surface area contributed by atoms with E-state index in [9.17, 15) is 13.2 Å². The topological polar surface area (TPSA) is 35.2 Å². The van der Waals surface area contributed by atoms with E-state index in [1.54, 1.807) is 30.3 Å². The summed E-state index contributed by atoms with van der Waals surface area (Å²) in [5.41, 5.74) is 5.49. The van der Waals surface area contributed by atoms with E-state index in [1.807, 2.05) is 0 Å². The molecule has 0 bridgehead atoms. The van der Waals surface area contributed by atoms with Crippen molar-refractivity contribution >= 4 is 10.8 Å². The zero-order valence-corrected chi connectivity index (χ0v) is 10.4. The van der Waals surface area contributed by atoms with Gasteiger partial charge in [0.1, 0.15) is 5.75 Å². The monoisotopic (exact) mass is 269 g/mol. The van der Waals surface area contributed by atoms with Crippen LogP contribution in [0.15, 0.2) is 36.4 Å². The lowest BCUT2D eigenvalue weighted by molar-refractivity contribution is -0.147. The average Bonchev–Trinajstić information content (AvgIpc) is 2.38. The molecule has 0 radical (unpaired) electrons. The number of halogens is 3. The summed E-state index contributed by atoms with van der Waals surface area (Å²) in [6.07, 6.45) is -4.36. The van der Waals surface area contributed by atoms with Crippen molar-refractivity contribution in [3.05, 3.63) is 42.0 Å². The van der Waals surface area contributed by atoms with Crippen LogP contribution in [-0.4, -0.2) is 19.8 Å². The first kappa shape index (κ1) is 13.7. The Hall–Kier alpha value is -1.75. The number of rotatable bonds is 3. The smallest absolute Gasteiger partial charge is 0.396 e. The van der Waals surface area contributed by atoms with Gasteiger partial charge in [-0.25, -0.2) is 0 Å². The minimum atomic E-state index is -4.36. The predicted molar refractivity (Wildman–Crippen MR) is 68.4 cm³/mol. The van der Waals surface area contributed by atoms with Crippen molar-refractivity contribution in [3.8, 4) is 5.75 Å². The van der Waals surface area contributed by atoms with Gasteiger partial charge < -0.3 is 10.5 Å². The quantitative estimate of drug-likeness (QED) is 0.926. The van der Waals surface area contributed by atoms with E-state index in [4.69, 9.17) is 10.5 Å². The molecular formula is C14H14F3NO. The molecule has 0 fully saturated rings.